The van der Waals surface area contributed by atoms with E-state index in [1.807, 2.05) is 52.0 Å². The molecule has 1 saturated carbocycles. The lowest BCUT2D eigenvalue weighted by molar-refractivity contribution is -0.142. The molecule has 15 heteroatoms. The van der Waals surface area contributed by atoms with Gasteiger partial charge in [0, 0.05) is 48.4 Å². The number of rotatable bonds is 9. The Kier molecular flexibility index (Phi) is 15.5. The third kappa shape index (κ3) is 12.3. The number of hydrogen-bond donors (Lipinski definition) is 7. The fourth-order valence-corrected chi connectivity index (χ4v) is 7.76. The molecule has 0 bridgehead atoms. The van der Waals surface area contributed by atoms with Gasteiger partial charge in [-0.3, -0.25) is 28.8 Å². The summed E-state index contributed by atoms with van der Waals surface area (Å²) in [5, 5.41) is 25.4. The Morgan fingerprint density at radius 2 is 1.41 bits per heavy atom. The van der Waals surface area contributed by atoms with Crippen LogP contribution in [0.2, 0.25) is 0 Å². The molecular formula is C44H61N7O8. The summed E-state index contributed by atoms with van der Waals surface area (Å²) in [5.41, 5.74) is 2.32. The number of aromatic nitrogens is 1. The van der Waals surface area contributed by atoms with Crippen molar-refractivity contribution in [1.82, 2.24) is 36.5 Å². The summed E-state index contributed by atoms with van der Waals surface area (Å²) in [6.07, 6.45) is 3.44. The number of aliphatic hydroxyl groups is 1. The summed E-state index contributed by atoms with van der Waals surface area (Å²) >= 11 is 0. The Morgan fingerprint density at radius 1 is 0.780 bits per heavy atom. The van der Waals surface area contributed by atoms with Gasteiger partial charge in [-0.05, 0) is 80.2 Å². The van der Waals surface area contributed by atoms with E-state index in [-0.39, 0.29) is 43.6 Å². The molecule has 2 aliphatic rings. The number of benzene rings is 2. The number of amides is 6. The molecule has 1 aliphatic heterocycles. The van der Waals surface area contributed by atoms with Crippen molar-refractivity contribution in [3.63, 3.8) is 0 Å². The Balaban J connectivity index is 1.53. The van der Waals surface area contributed by atoms with Gasteiger partial charge >= 0.3 is 0 Å². The Bertz CT molecular complexity index is 1940. The number of hydrogen-bond acceptors (Lipinski definition) is 8. The van der Waals surface area contributed by atoms with E-state index in [0.29, 0.717) is 37.0 Å². The number of nitrogens with zero attached hydrogens (tertiary/aromatic N) is 1. The number of aliphatic hydroxyl groups excluding tert-OH is 1. The fraction of sp³-hybridized carbons (Fsp3) is 0.545. The second-order valence-corrected chi connectivity index (χ2v) is 16.8. The third-order valence-electron chi connectivity index (χ3n) is 11.3. The molecule has 5 rings (SSSR count). The van der Waals surface area contributed by atoms with Crippen LogP contribution in [0.15, 0.2) is 54.7 Å². The molecule has 5 atom stereocenters. The summed E-state index contributed by atoms with van der Waals surface area (Å²) in [6, 6.07) is 9.57. The molecule has 15 nitrogen and oxygen atoms in total. The average Bonchev–Trinajstić information content (AvgIpc) is 3.61. The van der Waals surface area contributed by atoms with E-state index in [4.69, 9.17) is 4.74 Å². The van der Waals surface area contributed by atoms with Crippen molar-refractivity contribution in [3.8, 4) is 5.75 Å². The van der Waals surface area contributed by atoms with Crippen LogP contribution in [0.4, 0.5) is 0 Å². The number of carbonyl (C=O) groups excluding carboxylic acids is 6. The molecule has 6 amide bonds. The van der Waals surface area contributed by atoms with Crippen LogP contribution in [-0.4, -0.2) is 107 Å². The second-order valence-electron chi connectivity index (χ2n) is 16.8. The maximum atomic E-state index is 14.4. The Morgan fingerprint density at radius 3 is 2.07 bits per heavy atom. The highest BCUT2D eigenvalue weighted by molar-refractivity contribution is 5.96. The minimum atomic E-state index is -1.16. The van der Waals surface area contributed by atoms with Gasteiger partial charge in [0.05, 0.1) is 19.8 Å². The van der Waals surface area contributed by atoms with Crippen LogP contribution in [0.1, 0.15) is 77.8 Å². The largest absolute Gasteiger partial charge is 0.497 e. The smallest absolute Gasteiger partial charge is 0.243 e. The monoisotopic (exact) mass is 815 g/mol. The zero-order chi connectivity index (χ0) is 42.8. The summed E-state index contributed by atoms with van der Waals surface area (Å²) in [7, 11) is 1.54. The molecule has 0 unspecified atom stereocenters. The number of carbonyl (C=O) groups is 6. The topological polar surface area (TPSA) is 211 Å². The molecule has 0 spiro atoms. The van der Waals surface area contributed by atoms with E-state index in [2.05, 4.69) is 31.6 Å². The summed E-state index contributed by atoms with van der Waals surface area (Å²) in [5.74, 6) is -3.27. The van der Waals surface area contributed by atoms with Gasteiger partial charge in [0.1, 0.15) is 29.9 Å². The van der Waals surface area contributed by atoms with Crippen LogP contribution < -0.4 is 31.3 Å². The van der Waals surface area contributed by atoms with Gasteiger partial charge in [0.25, 0.3) is 0 Å². The van der Waals surface area contributed by atoms with Crippen molar-refractivity contribution in [1.29, 1.82) is 0 Å². The average molecular weight is 816 g/mol. The van der Waals surface area contributed by atoms with E-state index in [1.54, 1.807) is 37.6 Å². The lowest BCUT2D eigenvalue weighted by atomic mass is 9.86. The van der Waals surface area contributed by atoms with Crippen LogP contribution in [0.5, 0.6) is 5.75 Å². The highest BCUT2D eigenvalue weighted by Crippen LogP contribution is 2.27. The van der Waals surface area contributed by atoms with Crippen molar-refractivity contribution < 1.29 is 38.6 Å². The Hall–Kier alpha value is -5.44. The molecule has 7 N–H and O–H groups in total. The summed E-state index contributed by atoms with van der Waals surface area (Å²) in [6.45, 7) is 8.70. The Labute approximate surface area is 346 Å². The van der Waals surface area contributed by atoms with Crippen LogP contribution in [-0.2, 0) is 41.6 Å². The van der Waals surface area contributed by atoms with Gasteiger partial charge < -0.3 is 46.3 Å². The number of H-pyrrole nitrogens is 1. The van der Waals surface area contributed by atoms with Crippen molar-refractivity contribution in [3.05, 3.63) is 65.9 Å². The summed E-state index contributed by atoms with van der Waals surface area (Å²) in [4.78, 5) is 89.3. The molecular weight excluding hydrogens is 755 g/mol. The molecule has 2 fully saturated rings. The number of nitrogens with one attached hydrogen (secondary N) is 6. The first-order valence-corrected chi connectivity index (χ1v) is 20.8. The van der Waals surface area contributed by atoms with Crippen molar-refractivity contribution in [2.24, 2.45) is 17.8 Å². The molecule has 0 radical (unpaired) electrons. The standard InChI is InChI=1S/C44H61N7O8/c1-25(2)19-35-42(56)49-36(20-28-11-17-32(59-6)18-12-28)41(55)46-27(5)40(54)50-38(26(3)4)23-51(44(58)29-13-15-31(52)16-14-29)24-39(53)47-37(43(57)48-35)21-30-22-45-34-10-8-7-9-33(30)34/h7-12,17-18,22,25-27,29,31,35-38,45,52H,13-16,19-21,23-24H2,1-6H3,(H,46,55)(H,47,53)(H,48,57)(H,49,56)(H,50,54)/t27-,29?,31?,35+,36+,37-,38-/m1/s1. The lowest BCUT2D eigenvalue weighted by Gasteiger charge is -2.35. The van der Waals surface area contributed by atoms with Crippen molar-refractivity contribution in [2.75, 3.05) is 20.2 Å². The van der Waals surface area contributed by atoms with Gasteiger partial charge in [-0.2, -0.15) is 0 Å². The van der Waals surface area contributed by atoms with Crippen LogP contribution >= 0.6 is 0 Å². The number of methoxy groups -OCH3 is 1. The molecule has 3 aromatic rings. The predicted molar refractivity (Wildman–Crippen MR) is 223 cm³/mol. The fourth-order valence-electron chi connectivity index (χ4n) is 7.76. The summed E-state index contributed by atoms with van der Waals surface area (Å²) < 4.78 is 5.29. The lowest BCUT2D eigenvalue weighted by Crippen LogP contribution is -2.60. The van der Waals surface area contributed by atoms with Gasteiger partial charge in [0.15, 0.2) is 0 Å². The van der Waals surface area contributed by atoms with E-state index < -0.39 is 78.3 Å². The van der Waals surface area contributed by atoms with E-state index >= 15 is 0 Å². The van der Waals surface area contributed by atoms with E-state index in [9.17, 15) is 33.9 Å². The highest BCUT2D eigenvalue weighted by Gasteiger charge is 2.36. The number of aromatic amines is 1. The van der Waals surface area contributed by atoms with E-state index in [0.717, 1.165) is 16.5 Å². The minimum Gasteiger partial charge on any atom is -0.497 e. The predicted octanol–water partition coefficient (Wildman–Crippen LogP) is 2.50. The highest BCUT2D eigenvalue weighted by atomic mass is 16.5. The number of fused-ring (bicyclic) bond motifs is 1. The first-order valence-electron chi connectivity index (χ1n) is 20.8. The number of ether oxygens (including phenoxy) is 1. The van der Waals surface area contributed by atoms with Crippen molar-refractivity contribution >= 4 is 46.3 Å². The first-order chi connectivity index (χ1) is 28.1. The van der Waals surface area contributed by atoms with Gasteiger partial charge in [-0.25, -0.2) is 0 Å². The molecule has 2 heterocycles. The quantitative estimate of drug-likeness (QED) is 0.170. The van der Waals surface area contributed by atoms with Gasteiger partial charge in [-0.1, -0.05) is 58.0 Å². The minimum absolute atomic E-state index is 0.0126. The number of para-hydroxylation sites is 1. The van der Waals surface area contributed by atoms with Crippen LogP contribution in [0.25, 0.3) is 10.9 Å². The molecule has 320 valence electrons. The molecule has 1 saturated heterocycles. The van der Waals surface area contributed by atoms with Gasteiger partial charge in [0.2, 0.25) is 35.4 Å². The normalized spacial score (nSPS) is 25.7. The molecule has 1 aliphatic carbocycles. The van der Waals surface area contributed by atoms with Gasteiger partial charge in [-0.15, -0.1) is 0 Å². The maximum Gasteiger partial charge on any atom is 0.243 e. The zero-order valence-corrected chi connectivity index (χ0v) is 35.0. The zero-order valence-electron chi connectivity index (χ0n) is 35.0. The molecule has 1 aromatic heterocycles. The van der Waals surface area contributed by atoms with Crippen LogP contribution in [0, 0.1) is 17.8 Å². The second kappa shape index (κ2) is 20.5. The molecule has 2 aromatic carbocycles. The maximum absolute atomic E-state index is 14.4. The van der Waals surface area contributed by atoms with Crippen molar-refractivity contribution in [2.45, 2.75) is 116 Å². The van der Waals surface area contributed by atoms with E-state index in [1.165, 1.54) is 11.8 Å². The third-order valence-corrected chi connectivity index (χ3v) is 11.3. The van der Waals surface area contributed by atoms with Crippen LogP contribution in [0.3, 0.4) is 0 Å². The SMILES string of the molecule is COc1ccc(C[C@@H]2NC(=O)[C@H](CC(C)C)NC(=O)[C@@H](Cc3c[nH]c4ccccc34)NC(=O)CN(C(=O)C3CCC(O)CC3)C[C@H](C(C)C)NC(=O)[C@@H](C)NC2=O)cc1. The first kappa shape index (κ1) is 44.7. The molecule has 59 heavy (non-hydrogen) atoms.